The third-order valence-electron chi connectivity index (χ3n) is 10.6. The molecule has 7 rings (SSSR count). The van der Waals surface area contributed by atoms with Crippen molar-refractivity contribution in [2.75, 3.05) is 5.75 Å². The lowest BCUT2D eigenvalue weighted by atomic mass is 9.45. The Bertz CT molecular complexity index is 1440. The number of rotatable bonds is 5. The van der Waals surface area contributed by atoms with Crippen LogP contribution in [0, 0.1) is 28.6 Å². The number of aliphatic hydroxyl groups is 2. The molecular weight excluding hydrogens is 512 g/mol. The molecule has 0 spiro atoms. The van der Waals surface area contributed by atoms with Crippen molar-refractivity contribution < 1.29 is 15.0 Å². The molecule has 0 aliphatic heterocycles. The Morgan fingerprint density at radius 1 is 1.26 bits per heavy atom. The fraction of sp³-hybridized carbons (Fsp3) is 0.552. The number of fused-ring (bicyclic) bond motifs is 6. The van der Waals surface area contributed by atoms with Gasteiger partial charge in [-0.25, -0.2) is 14.6 Å². The lowest BCUT2D eigenvalue weighted by molar-refractivity contribution is -0.177. The van der Waals surface area contributed by atoms with Crippen molar-refractivity contribution in [2.24, 2.45) is 28.6 Å². The van der Waals surface area contributed by atoms with E-state index in [1.54, 1.807) is 6.20 Å². The van der Waals surface area contributed by atoms with Crippen LogP contribution in [0.15, 0.2) is 47.6 Å². The van der Waals surface area contributed by atoms with Crippen LogP contribution in [-0.2, 0) is 11.2 Å². The van der Waals surface area contributed by atoms with Crippen LogP contribution in [0.3, 0.4) is 0 Å². The predicted octanol–water partition coefficient (Wildman–Crippen LogP) is 3.63. The summed E-state index contributed by atoms with van der Waals surface area (Å²) in [5, 5.41) is 35.6. The molecule has 4 aliphatic carbocycles. The molecule has 0 bridgehead atoms. The zero-order valence-electron chi connectivity index (χ0n) is 22.2. The fourth-order valence-electron chi connectivity index (χ4n) is 8.83. The zero-order valence-corrected chi connectivity index (χ0v) is 23.1. The van der Waals surface area contributed by atoms with E-state index in [4.69, 9.17) is 0 Å². The van der Waals surface area contributed by atoms with Crippen LogP contribution in [0.5, 0.6) is 0 Å². The van der Waals surface area contributed by atoms with Crippen molar-refractivity contribution in [1.29, 1.82) is 0 Å². The second kappa shape index (κ2) is 8.84. The van der Waals surface area contributed by atoms with Crippen molar-refractivity contribution in [3.05, 3.63) is 53.8 Å². The summed E-state index contributed by atoms with van der Waals surface area (Å²) in [6, 6.07) is 5.84. The molecule has 3 heterocycles. The highest BCUT2D eigenvalue weighted by atomic mass is 32.2. The molecule has 3 aromatic heterocycles. The first-order chi connectivity index (χ1) is 18.7. The molecule has 0 amide bonds. The number of hydrogen-bond donors (Lipinski definition) is 3. The lowest BCUT2D eigenvalue weighted by Gasteiger charge is -2.60. The summed E-state index contributed by atoms with van der Waals surface area (Å²) in [7, 11) is 0. The molecule has 3 saturated carbocycles. The first-order valence-corrected chi connectivity index (χ1v) is 14.8. The van der Waals surface area contributed by atoms with Gasteiger partial charge in [0.2, 0.25) is 0 Å². The third-order valence-corrected chi connectivity index (χ3v) is 11.5. The Morgan fingerprint density at radius 3 is 2.90 bits per heavy atom. The number of aliphatic hydroxyl groups excluding tert-OH is 1. The molecule has 7 atom stereocenters. The van der Waals surface area contributed by atoms with Gasteiger partial charge in [-0.15, -0.1) is 0 Å². The maximum Gasteiger partial charge on any atom is 0.183 e. The van der Waals surface area contributed by atoms with Gasteiger partial charge < -0.3 is 10.2 Å². The van der Waals surface area contributed by atoms with Gasteiger partial charge in [-0.2, -0.15) is 10.2 Å². The molecular formula is C29H34N6O3S. The van der Waals surface area contributed by atoms with Crippen LogP contribution >= 0.6 is 11.8 Å². The molecule has 0 aromatic carbocycles. The van der Waals surface area contributed by atoms with Crippen LogP contribution in [-0.4, -0.2) is 63.4 Å². The summed E-state index contributed by atoms with van der Waals surface area (Å²) in [6.07, 6.45) is 11.2. The van der Waals surface area contributed by atoms with Crippen molar-refractivity contribution in [3.63, 3.8) is 0 Å². The average molecular weight is 547 g/mol. The van der Waals surface area contributed by atoms with E-state index in [-0.39, 0.29) is 34.7 Å². The van der Waals surface area contributed by atoms with Crippen molar-refractivity contribution in [2.45, 2.75) is 69.2 Å². The van der Waals surface area contributed by atoms with Crippen molar-refractivity contribution in [1.82, 2.24) is 29.9 Å². The van der Waals surface area contributed by atoms with Crippen LogP contribution in [0.2, 0.25) is 0 Å². The van der Waals surface area contributed by atoms with Gasteiger partial charge in [0.05, 0.1) is 23.7 Å². The zero-order chi connectivity index (χ0) is 27.0. The smallest absolute Gasteiger partial charge is 0.183 e. The number of aromatic amines is 1. The fourth-order valence-corrected chi connectivity index (χ4v) is 9.57. The molecule has 39 heavy (non-hydrogen) atoms. The normalized spacial score (nSPS) is 36.9. The monoisotopic (exact) mass is 546 g/mol. The quantitative estimate of drug-likeness (QED) is 0.414. The molecule has 9 nitrogen and oxygen atoms in total. The first kappa shape index (κ1) is 25.2. The molecule has 0 radical (unpaired) electrons. The van der Waals surface area contributed by atoms with Crippen LogP contribution in [0.25, 0.3) is 11.9 Å². The van der Waals surface area contributed by atoms with E-state index in [9.17, 15) is 15.0 Å². The number of pyridine rings is 1. The standard InChI is InChI=1S/C29H34N6O3S/c1-27-12-17-14-33-35(24-5-3-4-10-30-24)21(17)11-18(27)6-7-19-20-8-9-29(38,28(20,2)13-22(36)25(19)27)23(37)15-39-26-31-16-32-34-26/h3-5,10-11,14,16,19-20,22,25,36,38H,6-9,12-13,15H2,1-2H3,(H,31,32,34)/t19?,20?,22-,25?,27?,28?,29-/m0/s1. The number of H-pyrrole nitrogens is 1. The number of allylic oxidation sites excluding steroid dienone is 1. The minimum absolute atomic E-state index is 0.0722. The number of thioether (sulfide) groups is 1. The Hall–Kier alpha value is -2.82. The summed E-state index contributed by atoms with van der Waals surface area (Å²) in [5.74, 6) is 1.27. The number of carbonyl (C=O) groups is 1. The number of hydrogen-bond acceptors (Lipinski definition) is 8. The molecule has 3 N–H and O–H groups in total. The number of ketones is 1. The number of aromatic nitrogens is 6. The predicted molar refractivity (Wildman–Crippen MR) is 146 cm³/mol. The van der Waals surface area contributed by atoms with E-state index in [1.165, 1.54) is 29.2 Å². The summed E-state index contributed by atoms with van der Waals surface area (Å²) in [6.45, 7) is 4.35. The van der Waals surface area contributed by atoms with Gasteiger partial charge in [0, 0.05) is 11.6 Å². The topological polar surface area (TPSA) is 130 Å². The molecule has 5 unspecified atom stereocenters. The summed E-state index contributed by atoms with van der Waals surface area (Å²) < 4.78 is 1.92. The van der Waals surface area contributed by atoms with E-state index >= 15 is 0 Å². The third kappa shape index (κ3) is 3.57. The molecule has 3 aromatic rings. The van der Waals surface area contributed by atoms with Crippen molar-refractivity contribution >= 4 is 23.6 Å². The Kier molecular flexibility index (Phi) is 5.71. The molecule has 204 valence electrons. The van der Waals surface area contributed by atoms with Crippen molar-refractivity contribution in [3.8, 4) is 5.82 Å². The van der Waals surface area contributed by atoms with Gasteiger partial charge in [-0.3, -0.25) is 9.89 Å². The maximum atomic E-state index is 13.5. The van der Waals surface area contributed by atoms with E-state index in [1.807, 2.05) is 36.0 Å². The summed E-state index contributed by atoms with van der Waals surface area (Å²) >= 11 is 1.27. The number of carbonyl (C=O) groups excluding carboxylic acids is 1. The number of Topliss-reactive ketones (excluding diaryl/α,β-unsaturated/α-hetero) is 1. The van der Waals surface area contributed by atoms with E-state index < -0.39 is 17.1 Å². The first-order valence-electron chi connectivity index (χ1n) is 13.9. The largest absolute Gasteiger partial charge is 0.393 e. The maximum absolute atomic E-state index is 13.5. The molecule has 4 aliphatic rings. The van der Waals surface area contributed by atoms with Gasteiger partial charge in [0.25, 0.3) is 0 Å². The second-order valence-electron chi connectivity index (χ2n) is 12.3. The average Bonchev–Trinajstić information content (AvgIpc) is 3.65. The lowest BCUT2D eigenvalue weighted by Crippen LogP contribution is -2.62. The minimum atomic E-state index is -1.45. The van der Waals surface area contributed by atoms with Gasteiger partial charge >= 0.3 is 0 Å². The Labute approximate surface area is 231 Å². The Morgan fingerprint density at radius 2 is 2.13 bits per heavy atom. The number of nitrogens with zero attached hydrogens (tertiary/aromatic N) is 5. The van der Waals surface area contributed by atoms with Crippen LogP contribution in [0.4, 0.5) is 0 Å². The van der Waals surface area contributed by atoms with Gasteiger partial charge in [-0.1, -0.05) is 37.2 Å². The molecule has 10 heteroatoms. The van der Waals surface area contributed by atoms with Gasteiger partial charge in [0.15, 0.2) is 16.8 Å². The Balaban J connectivity index is 1.18. The summed E-state index contributed by atoms with van der Waals surface area (Å²) in [5.41, 5.74) is 1.33. The molecule has 0 saturated heterocycles. The van der Waals surface area contributed by atoms with E-state index in [0.717, 1.165) is 37.2 Å². The van der Waals surface area contributed by atoms with Crippen LogP contribution < -0.4 is 0 Å². The highest BCUT2D eigenvalue weighted by Crippen LogP contribution is 2.67. The highest BCUT2D eigenvalue weighted by molar-refractivity contribution is 7.99. The molecule has 3 fully saturated rings. The number of nitrogens with one attached hydrogen (secondary N) is 1. The van der Waals surface area contributed by atoms with E-state index in [2.05, 4.69) is 38.3 Å². The van der Waals surface area contributed by atoms with Crippen LogP contribution in [0.1, 0.15) is 57.2 Å². The summed E-state index contributed by atoms with van der Waals surface area (Å²) in [4.78, 5) is 22.1. The minimum Gasteiger partial charge on any atom is -0.393 e. The highest BCUT2D eigenvalue weighted by Gasteiger charge is 2.68. The van der Waals surface area contributed by atoms with Gasteiger partial charge in [0.1, 0.15) is 11.9 Å². The second-order valence-corrected chi connectivity index (χ2v) is 13.3. The van der Waals surface area contributed by atoms with Gasteiger partial charge in [-0.05, 0) is 85.5 Å². The SMILES string of the molecule is CC12Cc3cnn(-c4ccccn4)c3C=C1CCC1C2[C@@H](O)CC2(C)C1CC[C@]2(O)C(=O)CSc1ncn[nH]1. The van der Waals surface area contributed by atoms with E-state index in [0.29, 0.717) is 18.0 Å².